The Balaban J connectivity index is 0.000000144. The Morgan fingerprint density at radius 1 is 1.20 bits per heavy atom. The van der Waals surface area contributed by atoms with Gasteiger partial charge in [0.2, 0.25) is 0 Å². The van der Waals surface area contributed by atoms with Gasteiger partial charge in [-0.05, 0) is 6.42 Å². The Hall–Kier alpha value is -0.200. The van der Waals surface area contributed by atoms with Crippen molar-refractivity contribution in [1.29, 1.82) is 0 Å². The van der Waals surface area contributed by atoms with Gasteiger partial charge in [-0.3, -0.25) is 5.32 Å². The molecule has 3 fully saturated rings. The molecule has 0 aromatic heterocycles. The van der Waals surface area contributed by atoms with Crippen LogP contribution in [0.15, 0.2) is 0 Å². The number of ether oxygens (including phenoxy) is 3. The Labute approximate surface area is 90.7 Å². The van der Waals surface area contributed by atoms with Gasteiger partial charge in [0.05, 0.1) is 32.1 Å². The zero-order valence-electron chi connectivity index (χ0n) is 9.33. The lowest BCUT2D eigenvalue weighted by Crippen LogP contribution is -2.42. The third-order valence-corrected chi connectivity index (χ3v) is 3.19. The maximum atomic E-state index is 5.35. The summed E-state index contributed by atoms with van der Waals surface area (Å²) in [5.74, 6) is 0. The van der Waals surface area contributed by atoms with Crippen LogP contribution in [-0.4, -0.2) is 57.0 Å². The number of rotatable bonds is 1. The molecule has 3 rings (SSSR count). The van der Waals surface area contributed by atoms with E-state index in [-0.39, 0.29) is 5.54 Å². The van der Waals surface area contributed by atoms with E-state index in [1.807, 2.05) is 0 Å². The molecule has 0 saturated carbocycles. The molecular formula is C10H20N2O3. The second-order valence-electron chi connectivity index (χ2n) is 4.13. The van der Waals surface area contributed by atoms with Crippen LogP contribution in [0, 0.1) is 0 Å². The highest BCUT2D eigenvalue weighted by Crippen LogP contribution is 2.30. The van der Waals surface area contributed by atoms with Crippen LogP contribution in [-0.2, 0) is 14.2 Å². The molecule has 88 valence electrons. The van der Waals surface area contributed by atoms with Crippen LogP contribution in [0.25, 0.3) is 0 Å². The molecule has 0 spiro atoms. The van der Waals surface area contributed by atoms with E-state index in [2.05, 4.69) is 17.1 Å². The molecule has 0 aromatic rings. The third kappa shape index (κ3) is 2.49. The zero-order chi connectivity index (χ0) is 10.6. The van der Waals surface area contributed by atoms with Crippen LogP contribution in [0.4, 0.5) is 0 Å². The van der Waals surface area contributed by atoms with Gasteiger partial charge in [0, 0.05) is 6.54 Å². The molecule has 0 atom stereocenters. The molecule has 3 heterocycles. The summed E-state index contributed by atoms with van der Waals surface area (Å²) in [5.41, 5.74) is 0.236. The number of nitrogens with zero attached hydrogens (tertiary/aromatic N) is 1. The average Bonchev–Trinajstić information content (AvgIpc) is 2.97. The van der Waals surface area contributed by atoms with Crippen LogP contribution >= 0.6 is 0 Å². The largest absolute Gasteiger partial charge is 0.365 e. The number of fused-ring (bicyclic) bond motifs is 1. The second-order valence-corrected chi connectivity index (χ2v) is 4.13. The molecule has 5 nitrogen and oxygen atoms in total. The van der Waals surface area contributed by atoms with Crippen LogP contribution in [0.3, 0.4) is 0 Å². The van der Waals surface area contributed by atoms with E-state index in [0.717, 1.165) is 53.0 Å². The van der Waals surface area contributed by atoms with Gasteiger partial charge in [-0.15, -0.1) is 0 Å². The van der Waals surface area contributed by atoms with Crippen LogP contribution in [0.5, 0.6) is 0 Å². The molecule has 0 aromatic carbocycles. The van der Waals surface area contributed by atoms with Crippen molar-refractivity contribution in [3.63, 3.8) is 0 Å². The number of hydrogen-bond acceptors (Lipinski definition) is 5. The van der Waals surface area contributed by atoms with Gasteiger partial charge in [-0.2, -0.15) is 0 Å². The van der Waals surface area contributed by atoms with Crippen molar-refractivity contribution < 1.29 is 14.2 Å². The first-order valence-corrected chi connectivity index (χ1v) is 5.56. The number of nitrogens with one attached hydrogen (secondary N) is 1. The van der Waals surface area contributed by atoms with Gasteiger partial charge in [0.1, 0.15) is 13.5 Å². The van der Waals surface area contributed by atoms with E-state index in [1.54, 1.807) is 0 Å². The van der Waals surface area contributed by atoms with E-state index in [0.29, 0.717) is 0 Å². The fourth-order valence-electron chi connectivity index (χ4n) is 2.02. The molecule has 3 aliphatic rings. The van der Waals surface area contributed by atoms with E-state index in [4.69, 9.17) is 14.2 Å². The van der Waals surface area contributed by atoms with Gasteiger partial charge in [-0.25, -0.2) is 4.90 Å². The highest BCUT2D eigenvalue weighted by molar-refractivity contribution is 4.94. The summed E-state index contributed by atoms with van der Waals surface area (Å²) in [6.07, 6.45) is 1.13. The monoisotopic (exact) mass is 216 g/mol. The van der Waals surface area contributed by atoms with Crippen molar-refractivity contribution in [3.05, 3.63) is 0 Å². The first-order valence-electron chi connectivity index (χ1n) is 5.56. The summed E-state index contributed by atoms with van der Waals surface area (Å²) < 4.78 is 15.5. The van der Waals surface area contributed by atoms with Gasteiger partial charge in [-0.1, -0.05) is 6.92 Å². The van der Waals surface area contributed by atoms with Crippen LogP contribution in [0.2, 0.25) is 0 Å². The van der Waals surface area contributed by atoms with E-state index in [9.17, 15) is 0 Å². The van der Waals surface area contributed by atoms with Gasteiger partial charge >= 0.3 is 0 Å². The molecule has 1 N–H and O–H groups in total. The smallest absolute Gasteiger partial charge is 0.101 e. The summed E-state index contributed by atoms with van der Waals surface area (Å²) in [5, 5.41) is 3.00. The standard InChI is InChI=1S/C7H13NO2.C3H7NO/c1-2-7-3-9-5-8(7)6-10-4-7;1-2-5-3-4-1/h2-6H2,1H3;4H,1-3H2. The maximum absolute atomic E-state index is 5.35. The van der Waals surface area contributed by atoms with Crippen molar-refractivity contribution in [3.8, 4) is 0 Å². The summed E-state index contributed by atoms with van der Waals surface area (Å²) in [7, 11) is 0. The minimum absolute atomic E-state index is 0.236. The Morgan fingerprint density at radius 2 is 1.93 bits per heavy atom. The van der Waals surface area contributed by atoms with Crippen molar-refractivity contribution in [2.75, 3.05) is 46.6 Å². The quantitative estimate of drug-likeness (QED) is 0.667. The van der Waals surface area contributed by atoms with E-state index >= 15 is 0 Å². The first-order chi connectivity index (χ1) is 7.37. The Morgan fingerprint density at radius 3 is 2.27 bits per heavy atom. The zero-order valence-corrected chi connectivity index (χ0v) is 9.33. The lowest BCUT2D eigenvalue weighted by molar-refractivity contribution is 0.0695. The SMILES string of the molecule is C1COCN1.CCC12COCN1COC2. The summed E-state index contributed by atoms with van der Waals surface area (Å²) in [6.45, 7) is 8.07. The van der Waals surface area contributed by atoms with E-state index < -0.39 is 0 Å². The molecule has 5 heteroatoms. The molecule has 0 unspecified atom stereocenters. The molecule has 3 saturated heterocycles. The molecule has 0 bridgehead atoms. The molecule has 0 aliphatic carbocycles. The fourth-order valence-corrected chi connectivity index (χ4v) is 2.02. The van der Waals surface area contributed by atoms with Gasteiger partial charge < -0.3 is 14.2 Å². The lowest BCUT2D eigenvalue weighted by Gasteiger charge is -2.24. The van der Waals surface area contributed by atoms with Gasteiger partial charge in [0.15, 0.2) is 0 Å². The lowest BCUT2D eigenvalue weighted by atomic mass is 9.99. The third-order valence-electron chi connectivity index (χ3n) is 3.19. The Bertz CT molecular complexity index is 179. The molecular weight excluding hydrogens is 196 g/mol. The highest BCUT2D eigenvalue weighted by atomic mass is 16.6. The maximum Gasteiger partial charge on any atom is 0.101 e. The van der Waals surface area contributed by atoms with Crippen molar-refractivity contribution >= 4 is 0 Å². The second kappa shape index (κ2) is 5.23. The van der Waals surface area contributed by atoms with Crippen molar-refractivity contribution in [2.45, 2.75) is 18.9 Å². The molecule has 0 radical (unpaired) electrons. The topological polar surface area (TPSA) is 43.0 Å². The predicted molar refractivity (Wildman–Crippen MR) is 55.3 cm³/mol. The normalized spacial score (nSPS) is 28.6. The number of hydrogen-bond donors (Lipinski definition) is 1. The van der Waals surface area contributed by atoms with Crippen LogP contribution < -0.4 is 5.32 Å². The molecule has 3 aliphatic heterocycles. The Kier molecular flexibility index (Phi) is 3.93. The van der Waals surface area contributed by atoms with Crippen LogP contribution in [0.1, 0.15) is 13.3 Å². The highest BCUT2D eigenvalue weighted by Gasteiger charge is 2.44. The van der Waals surface area contributed by atoms with E-state index in [1.165, 1.54) is 0 Å². The minimum Gasteiger partial charge on any atom is -0.365 e. The summed E-state index contributed by atoms with van der Waals surface area (Å²) in [6, 6.07) is 0. The van der Waals surface area contributed by atoms with Gasteiger partial charge in [0.25, 0.3) is 0 Å². The summed E-state index contributed by atoms with van der Waals surface area (Å²) in [4.78, 5) is 2.27. The minimum atomic E-state index is 0.236. The molecule has 15 heavy (non-hydrogen) atoms. The predicted octanol–water partition coefficient (Wildman–Crippen LogP) is -0.0237. The fraction of sp³-hybridized carbons (Fsp3) is 1.00. The van der Waals surface area contributed by atoms with Crippen molar-refractivity contribution in [1.82, 2.24) is 10.2 Å². The van der Waals surface area contributed by atoms with Crippen molar-refractivity contribution in [2.24, 2.45) is 0 Å². The average molecular weight is 216 g/mol. The molecule has 0 amide bonds. The summed E-state index contributed by atoms with van der Waals surface area (Å²) >= 11 is 0. The first kappa shape index (κ1) is 11.3.